The zero-order valence-electron chi connectivity index (χ0n) is 10.5. The topological polar surface area (TPSA) is 49.8 Å². The van der Waals surface area contributed by atoms with Gasteiger partial charge in [-0.2, -0.15) is 0 Å². The van der Waals surface area contributed by atoms with Gasteiger partial charge in [-0.25, -0.2) is 8.78 Å². The molecule has 0 radical (unpaired) electrons. The number of hydrogen-bond donors (Lipinski definition) is 1. The average Bonchev–Trinajstić information content (AvgIpc) is 2.36. The first-order valence-corrected chi connectivity index (χ1v) is 6.01. The number of nitrogens with zero attached hydrogens (tertiary/aromatic N) is 1. The molecule has 1 aromatic carbocycles. The van der Waals surface area contributed by atoms with Gasteiger partial charge in [0.2, 0.25) is 0 Å². The maximum absolute atomic E-state index is 13.2. The molecule has 1 aliphatic heterocycles. The zero-order valence-corrected chi connectivity index (χ0v) is 10.5. The van der Waals surface area contributed by atoms with Crippen LogP contribution in [-0.2, 0) is 9.53 Å². The normalized spacial score (nSPS) is 22.2. The lowest BCUT2D eigenvalue weighted by atomic mass is 10.0. The minimum Gasteiger partial charge on any atom is -0.480 e. The number of carboxylic acid groups (broad SMARTS) is 1. The molecule has 19 heavy (non-hydrogen) atoms. The maximum Gasteiger partial charge on any atom is 0.323 e. The van der Waals surface area contributed by atoms with Crippen LogP contribution in [-0.4, -0.2) is 41.8 Å². The van der Waals surface area contributed by atoms with E-state index in [1.807, 2.05) is 0 Å². The first-order chi connectivity index (χ1) is 8.99. The maximum atomic E-state index is 13.2. The summed E-state index contributed by atoms with van der Waals surface area (Å²) in [5.74, 6) is -2.33. The lowest BCUT2D eigenvalue weighted by molar-refractivity contribution is -0.151. The monoisotopic (exact) mass is 271 g/mol. The Bertz CT molecular complexity index is 461. The largest absolute Gasteiger partial charge is 0.480 e. The summed E-state index contributed by atoms with van der Waals surface area (Å²) in [5, 5.41) is 9.14. The summed E-state index contributed by atoms with van der Waals surface area (Å²) in [6, 6.07) is 2.05. The molecule has 0 bridgehead atoms. The third kappa shape index (κ3) is 3.08. The van der Waals surface area contributed by atoms with Crippen LogP contribution in [0.4, 0.5) is 8.78 Å². The van der Waals surface area contributed by atoms with Crippen molar-refractivity contribution in [1.29, 1.82) is 0 Å². The van der Waals surface area contributed by atoms with Crippen LogP contribution in [0.3, 0.4) is 0 Å². The highest BCUT2D eigenvalue weighted by molar-refractivity contribution is 5.73. The Morgan fingerprint density at radius 1 is 1.42 bits per heavy atom. The number of aliphatic carboxylic acids is 1. The molecule has 4 nitrogen and oxygen atoms in total. The SMILES string of the molecule is CC(c1cc(F)cc(F)c1)N1CCOCC1C(=O)O. The van der Waals surface area contributed by atoms with Crippen LogP contribution in [0.2, 0.25) is 0 Å². The second-order valence-electron chi connectivity index (χ2n) is 4.55. The van der Waals surface area contributed by atoms with E-state index in [1.165, 1.54) is 12.1 Å². The van der Waals surface area contributed by atoms with Crippen LogP contribution in [0.15, 0.2) is 18.2 Å². The van der Waals surface area contributed by atoms with Gasteiger partial charge < -0.3 is 9.84 Å². The van der Waals surface area contributed by atoms with Crippen molar-refractivity contribution in [3.63, 3.8) is 0 Å². The van der Waals surface area contributed by atoms with Crippen molar-refractivity contribution in [3.05, 3.63) is 35.4 Å². The minimum atomic E-state index is -0.997. The molecule has 0 saturated carbocycles. The van der Waals surface area contributed by atoms with E-state index in [0.717, 1.165) is 6.07 Å². The molecule has 1 aliphatic rings. The molecule has 1 aromatic rings. The summed E-state index contributed by atoms with van der Waals surface area (Å²) in [6.45, 7) is 2.63. The first-order valence-electron chi connectivity index (χ1n) is 6.01. The van der Waals surface area contributed by atoms with Gasteiger partial charge in [-0.15, -0.1) is 0 Å². The molecule has 1 heterocycles. The number of rotatable bonds is 3. The first kappa shape index (κ1) is 13.9. The van der Waals surface area contributed by atoms with Crippen LogP contribution in [0, 0.1) is 11.6 Å². The fourth-order valence-electron chi connectivity index (χ4n) is 2.30. The van der Waals surface area contributed by atoms with Gasteiger partial charge in [-0.05, 0) is 24.6 Å². The van der Waals surface area contributed by atoms with Crippen LogP contribution < -0.4 is 0 Å². The van der Waals surface area contributed by atoms with Crippen LogP contribution in [0.1, 0.15) is 18.5 Å². The summed E-state index contributed by atoms with van der Waals surface area (Å²) in [7, 11) is 0. The zero-order chi connectivity index (χ0) is 14.0. The van der Waals surface area contributed by atoms with Gasteiger partial charge in [0.05, 0.1) is 13.2 Å². The lowest BCUT2D eigenvalue weighted by Crippen LogP contribution is -2.50. The Labute approximate surface area is 109 Å². The summed E-state index contributed by atoms with van der Waals surface area (Å²) in [5.41, 5.74) is 0.422. The van der Waals surface area contributed by atoms with E-state index in [-0.39, 0.29) is 6.61 Å². The average molecular weight is 271 g/mol. The number of benzene rings is 1. The molecule has 104 valence electrons. The van der Waals surface area contributed by atoms with E-state index in [0.29, 0.717) is 18.7 Å². The number of carboxylic acids is 1. The van der Waals surface area contributed by atoms with E-state index < -0.39 is 29.7 Å². The Morgan fingerprint density at radius 2 is 2.05 bits per heavy atom. The fourth-order valence-corrected chi connectivity index (χ4v) is 2.30. The standard InChI is InChI=1S/C13H15F2NO3/c1-8(9-4-10(14)6-11(15)5-9)16-2-3-19-7-12(16)13(17)18/h4-6,8,12H,2-3,7H2,1H3,(H,17,18). The van der Waals surface area contributed by atoms with Gasteiger partial charge in [0, 0.05) is 18.7 Å². The molecule has 0 spiro atoms. The minimum absolute atomic E-state index is 0.0808. The number of halogens is 2. The molecule has 6 heteroatoms. The summed E-state index contributed by atoms with van der Waals surface area (Å²) in [6.07, 6.45) is 0. The Kier molecular flexibility index (Phi) is 4.11. The number of carbonyl (C=O) groups is 1. The van der Waals surface area contributed by atoms with Crippen molar-refractivity contribution in [2.75, 3.05) is 19.8 Å². The van der Waals surface area contributed by atoms with E-state index >= 15 is 0 Å². The Morgan fingerprint density at radius 3 is 2.63 bits per heavy atom. The molecule has 0 aromatic heterocycles. The van der Waals surface area contributed by atoms with Gasteiger partial charge >= 0.3 is 5.97 Å². The molecule has 0 amide bonds. The predicted octanol–water partition coefficient (Wildman–Crippen LogP) is 1.81. The molecule has 2 atom stereocenters. The lowest BCUT2D eigenvalue weighted by Gasteiger charge is -2.37. The molecule has 1 saturated heterocycles. The highest BCUT2D eigenvalue weighted by atomic mass is 19.1. The van der Waals surface area contributed by atoms with Gasteiger partial charge in [-0.3, -0.25) is 9.69 Å². The van der Waals surface area contributed by atoms with E-state index in [2.05, 4.69) is 0 Å². The second-order valence-corrected chi connectivity index (χ2v) is 4.55. The Hall–Kier alpha value is -1.53. The van der Waals surface area contributed by atoms with Gasteiger partial charge in [0.15, 0.2) is 0 Å². The summed E-state index contributed by atoms with van der Waals surface area (Å²) >= 11 is 0. The molecular formula is C13H15F2NO3. The number of ether oxygens (including phenoxy) is 1. The molecule has 2 rings (SSSR count). The molecule has 0 aliphatic carbocycles. The summed E-state index contributed by atoms with van der Waals surface area (Å²) in [4.78, 5) is 12.8. The van der Waals surface area contributed by atoms with Crippen molar-refractivity contribution < 1.29 is 23.4 Å². The highest BCUT2D eigenvalue weighted by Gasteiger charge is 2.33. The van der Waals surface area contributed by atoms with Crippen molar-refractivity contribution >= 4 is 5.97 Å². The van der Waals surface area contributed by atoms with Crippen LogP contribution >= 0.6 is 0 Å². The number of morpholine rings is 1. The smallest absolute Gasteiger partial charge is 0.323 e. The van der Waals surface area contributed by atoms with Crippen molar-refractivity contribution in [2.45, 2.75) is 19.0 Å². The predicted molar refractivity (Wildman–Crippen MR) is 63.7 cm³/mol. The fraction of sp³-hybridized carbons (Fsp3) is 0.462. The third-order valence-corrected chi connectivity index (χ3v) is 3.32. The highest BCUT2D eigenvalue weighted by Crippen LogP contribution is 2.25. The third-order valence-electron chi connectivity index (χ3n) is 3.32. The second kappa shape index (κ2) is 5.63. The number of hydrogen-bond acceptors (Lipinski definition) is 3. The quantitative estimate of drug-likeness (QED) is 0.911. The molecular weight excluding hydrogens is 256 g/mol. The van der Waals surface area contributed by atoms with Crippen molar-refractivity contribution in [2.24, 2.45) is 0 Å². The molecule has 1 fully saturated rings. The van der Waals surface area contributed by atoms with E-state index in [4.69, 9.17) is 9.84 Å². The van der Waals surface area contributed by atoms with Crippen LogP contribution in [0.25, 0.3) is 0 Å². The molecule has 1 N–H and O–H groups in total. The molecule has 2 unspecified atom stereocenters. The van der Waals surface area contributed by atoms with Gasteiger partial charge in [0.25, 0.3) is 0 Å². The van der Waals surface area contributed by atoms with E-state index in [9.17, 15) is 13.6 Å². The van der Waals surface area contributed by atoms with Gasteiger partial charge in [-0.1, -0.05) is 0 Å². The van der Waals surface area contributed by atoms with Crippen LogP contribution in [0.5, 0.6) is 0 Å². The Balaban J connectivity index is 2.25. The van der Waals surface area contributed by atoms with Crippen molar-refractivity contribution in [1.82, 2.24) is 4.90 Å². The van der Waals surface area contributed by atoms with E-state index in [1.54, 1.807) is 11.8 Å². The van der Waals surface area contributed by atoms with Crippen molar-refractivity contribution in [3.8, 4) is 0 Å². The van der Waals surface area contributed by atoms with Gasteiger partial charge in [0.1, 0.15) is 17.7 Å². The summed E-state index contributed by atoms with van der Waals surface area (Å²) < 4.78 is 31.6.